The molecule has 152 valence electrons. The number of hydroxylamine groups is 1. The number of ether oxygens (including phenoxy) is 1. The highest BCUT2D eigenvalue weighted by atomic mass is 35.5. The fourth-order valence-electron chi connectivity index (χ4n) is 2.41. The van der Waals surface area contributed by atoms with Crippen LogP contribution >= 0.6 is 34.8 Å². The van der Waals surface area contributed by atoms with E-state index in [1.54, 1.807) is 12.1 Å². The Bertz CT molecular complexity index is 1070. The number of hydrogen-bond donors (Lipinski definition) is 2. The zero-order valence-corrected chi connectivity index (χ0v) is 17.0. The van der Waals surface area contributed by atoms with Crippen LogP contribution in [0.2, 0.25) is 15.2 Å². The Morgan fingerprint density at radius 1 is 1.31 bits per heavy atom. The van der Waals surface area contributed by atoms with Crippen molar-refractivity contribution in [2.24, 2.45) is 0 Å². The molecule has 0 fully saturated rings. The van der Waals surface area contributed by atoms with Crippen molar-refractivity contribution in [1.82, 2.24) is 14.9 Å². The SMILES string of the molecule is C=COCCONC(=O)c1cn2c(Cl)cnc2c(F)c1Nc1ccc(Cl)cc1Cl. The molecule has 2 N–H and O–H groups in total. The molecular weight excluding hydrogens is 446 g/mol. The summed E-state index contributed by atoms with van der Waals surface area (Å²) >= 11 is 18.1. The van der Waals surface area contributed by atoms with E-state index < -0.39 is 11.7 Å². The maximum atomic E-state index is 15.2. The van der Waals surface area contributed by atoms with Gasteiger partial charge >= 0.3 is 0 Å². The molecule has 0 saturated heterocycles. The highest BCUT2D eigenvalue weighted by molar-refractivity contribution is 6.36. The second-order valence-corrected chi connectivity index (χ2v) is 6.80. The molecule has 0 bridgehead atoms. The smallest absolute Gasteiger partial charge is 0.278 e. The highest BCUT2D eigenvalue weighted by Crippen LogP contribution is 2.33. The van der Waals surface area contributed by atoms with E-state index in [1.165, 1.54) is 29.1 Å². The molecule has 0 saturated carbocycles. The van der Waals surface area contributed by atoms with E-state index in [0.717, 1.165) is 0 Å². The number of nitrogens with one attached hydrogen (secondary N) is 2. The molecule has 3 rings (SSSR count). The molecule has 1 amide bonds. The van der Waals surface area contributed by atoms with Crippen molar-refractivity contribution in [3.8, 4) is 0 Å². The lowest BCUT2D eigenvalue weighted by Crippen LogP contribution is -2.27. The zero-order valence-electron chi connectivity index (χ0n) is 14.7. The van der Waals surface area contributed by atoms with Gasteiger partial charge in [0.05, 0.1) is 34.4 Å². The van der Waals surface area contributed by atoms with Gasteiger partial charge in [0.2, 0.25) is 0 Å². The number of hydrogen-bond acceptors (Lipinski definition) is 5. The number of benzene rings is 1. The Morgan fingerprint density at radius 3 is 2.83 bits per heavy atom. The van der Waals surface area contributed by atoms with Crippen LogP contribution in [0.1, 0.15) is 10.4 Å². The Morgan fingerprint density at radius 2 is 2.10 bits per heavy atom. The summed E-state index contributed by atoms with van der Waals surface area (Å²) < 4.78 is 21.3. The van der Waals surface area contributed by atoms with E-state index in [0.29, 0.717) is 10.7 Å². The van der Waals surface area contributed by atoms with Crippen LogP contribution in [0.15, 0.2) is 43.4 Å². The van der Waals surface area contributed by atoms with Crippen LogP contribution in [0.5, 0.6) is 0 Å². The summed E-state index contributed by atoms with van der Waals surface area (Å²) in [5.74, 6) is -1.52. The van der Waals surface area contributed by atoms with Gasteiger partial charge in [-0.3, -0.25) is 14.0 Å². The second-order valence-electron chi connectivity index (χ2n) is 5.57. The Hall–Kier alpha value is -2.52. The van der Waals surface area contributed by atoms with Gasteiger partial charge < -0.3 is 10.1 Å². The molecule has 0 unspecified atom stereocenters. The van der Waals surface area contributed by atoms with Crippen molar-refractivity contribution in [3.63, 3.8) is 0 Å². The van der Waals surface area contributed by atoms with Crippen molar-refractivity contribution in [2.45, 2.75) is 0 Å². The zero-order chi connectivity index (χ0) is 21.0. The second kappa shape index (κ2) is 9.32. The first kappa shape index (κ1) is 21.2. The number of carbonyl (C=O) groups is 1. The first-order valence-electron chi connectivity index (χ1n) is 8.14. The number of fused-ring (bicyclic) bond motifs is 1. The van der Waals surface area contributed by atoms with Crippen LogP contribution in [-0.2, 0) is 9.57 Å². The Labute approximate surface area is 179 Å². The minimum absolute atomic E-state index is 0.0556. The van der Waals surface area contributed by atoms with E-state index >= 15 is 4.39 Å². The molecule has 2 heterocycles. The molecule has 3 aromatic rings. The topological polar surface area (TPSA) is 76.9 Å². The number of carbonyl (C=O) groups excluding carboxylic acids is 1. The monoisotopic (exact) mass is 458 g/mol. The normalized spacial score (nSPS) is 10.8. The number of halogens is 4. The summed E-state index contributed by atoms with van der Waals surface area (Å²) in [6.07, 6.45) is 3.84. The van der Waals surface area contributed by atoms with Gasteiger partial charge in [-0.1, -0.05) is 41.4 Å². The third-order valence-electron chi connectivity index (χ3n) is 3.72. The lowest BCUT2D eigenvalue weighted by Gasteiger charge is -2.15. The van der Waals surface area contributed by atoms with Crippen molar-refractivity contribution in [2.75, 3.05) is 18.5 Å². The lowest BCUT2D eigenvalue weighted by atomic mass is 10.2. The van der Waals surface area contributed by atoms with Gasteiger partial charge in [-0.05, 0) is 18.2 Å². The first-order valence-corrected chi connectivity index (χ1v) is 9.27. The van der Waals surface area contributed by atoms with Crippen molar-refractivity contribution in [3.05, 3.63) is 70.0 Å². The number of aromatic nitrogens is 2. The molecule has 0 aliphatic rings. The third kappa shape index (κ3) is 4.73. The van der Waals surface area contributed by atoms with Crippen LogP contribution in [-0.4, -0.2) is 28.5 Å². The Balaban J connectivity index is 1.97. The van der Waals surface area contributed by atoms with Crippen LogP contribution in [0.3, 0.4) is 0 Å². The molecule has 0 radical (unpaired) electrons. The van der Waals surface area contributed by atoms with E-state index in [2.05, 4.69) is 22.4 Å². The van der Waals surface area contributed by atoms with Crippen LogP contribution in [0.25, 0.3) is 5.65 Å². The molecule has 7 nitrogen and oxygen atoms in total. The van der Waals surface area contributed by atoms with Gasteiger partial charge in [-0.2, -0.15) is 0 Å². The number of anilines is 2. The molecule has 0 aliphatic carbocycles. The average molecular weight is 460 g/mol. The molecule has 2 aromatic heterocycles. The van der Waals surface area contributed by atoms with Crippen LogP contribution in [0, 0.1) is 5.82 Å². The summed E-state index contributed by atoms with van der Waals surface area (Å²) in [4.78, 5) is 21.6. The maximum Gasteiger partial charge on any atom is 0.278 e. The summed E-state index contributed by atoms with van der Waals surface area (Å²) in [7, 11) is 0. The number of rotatable bonds is 8. The molecule has 0 atom stereocenters. The molecule has 29 heavy (non-hydrogen) atoms. The summed E-state index contributed by atoms with van der Waals surface area (Å²) in [5, 5.41) is 3.59. The molecule has 0 spiro atoms. The Kier molecular flexibility index (Phi) is 6.81. The van der Waals surface area contributed by atoms with Gasteiger partial charge in [-0.15, -0.1) is 0 Å². The van der Waals surface area contributed by atoms with E-state index in [4.69, 9.17) is 44.4 Å². The largest absolute Gasteiger partial charge is 0.499 e. The summed E-state index contributed by atoms with van der Waals surface area (Å²) in [6, 6.07) is 4.61. The van der Waals surface area contributed by atoms with Gasteiger partial charge in [0.1, 0.15) is 18.4 Å². The van der Waals surface area contributed by atoms with Gasteiger partial charge in [0.15, 0.2) is 11.5 Å². The summed E-state index contributed by atoms with van der Waals surface area (Å²) in [6.45, 7) is 3.62. The minimum atomic E-state index is -0.800. The molecule has 1 aromatic carbocycles. The van der Waals surface area contributed by atoms with E-state index in [-0.39, 0.29) is 40.3 Å². The van der Waals surface area contributed by atoms with Crippen LogP contribution in [0.4, 0.5) is 15.8 Å². The molecule has 11 heteroatoms. The van der Waals surface area contributed by atoms with Crippen molar-refractivity contribution < 1.29 is 18.8 Å². The first-order chi connectivity index (χ1) is 13.9. The summed E-state index contributed by atoms with van der Waals surface area (Å²) in [5.41, 5.74) is 2.24. The molecular formula is C18H14Cl3FN4O3. The highest BCUT2D eigenvalue weighted by Gasteiger charge is 2.22. The maximum absolute atomic E-state index is 15.2. The van der Waals surface area contributed by atoms with Crippen LogP contribution < -0.4 is 10.8 Å². The third-order valence-corrected chi connectivity index (χ3v) is 4.54. The fourth-order valence-corrected chi connectivity index (χ4v) is 3.05. The van der Waals surface area contributed by atoms with E-state index in [9.17, 15) is 4.79 Å². The quantitative estimate of drug-likeness (QED) is 0.282. The predicted molar refractivity (Wildman–Crippen MR) is 109 cm³/mol. The van der Waals surface area contributed by atoms with Gasteiger partial charge in [-0.25, -0.2) is 14.9 Å². The average Bonchev–Trinajstić information content (AvgIpc) is 3.06. The van der Waals surface area contributed by atoms with Gasteiger partial charge in [0.25, 0.3) is 5.91 Å². The number of pyridine rings is 1. The number of nitrogens with zero attached hydrogens (tertiary/aromatic N) is 2. The molecule has 0 aliphatic heterocycles. The standard InChI is InChI=1S/C18H14Cl3FN4O3/c1-2-28-5-6-29-25-18(27)11-9-26-14(21)8-23-17(26)15(22)16(11)24-13-4-3-10(19)7-12(13)20/h2-4,7-9,24H,1,5-6H2,(H,25,27). The predicted octanol–water partition coefficient (Wildman–Crippen LogP) is 5.00. The van der Waals surface area contributed by atoms with Gasteiger partial charge in [0, 0.05) is 11.2 Å². The number of imidazole rings is 1. The fraction of sp³-hybridized carbons (Fsp3) is 0.111. The van der Waals surface area contributed by atoms with Crippen molar-refractivity contribution in [1.29, 1.82) is 0 Å². The van der Waals surface area contributed by atoms with E-state index in [1.807, 2.05) is 0 Å². The number of amides is 1. The minimum Gasteiger partial charge on any atom is -0.499 e. The lowest BCUT2D eigenvalue weighted by molar-refractivity contribution is 0.0145. The van der Waals surface area contributed by atoms with Crippen molar-refractivity contribution >= 4 is 57.7 Å².